The number of unbranched alkanes of at least 4 members (excludes halogenated alkanes) is 1. The molecule has 1 aliphatic rings. The number of hydrogen-bond donors (Lipinski definition) is 0. The Hall–Kier alpha value is -1.51. The van der Waals surface area contributed by atoms with Gasteiger partial charge in [0, 0.05) is 0 Å². The van der Waals surface area contributed by atoms with Gasteiger partial charge in [-0.25, -0.2) is 13.2 Å². The van der Waals surface area contributed by atoms with E-state index in [1.165, 1.54) is 5.57 Å². The summed E-state index contributed by atoms with van der Waals surface area (Å²) in [6.45, 7) is 2.15. The second-order valence-corrected chi connectivity index (χ2v) is 4.87. The second kappa shape index (κ2) is 6.09. The van der Waals surface area contributed by atoms with Gasteiger partial charge in [0.1, 0.15) is 0 Å². The molecule has 102 valence electrons. The number of benzene rings is 1. The Labute approximate surface area is 111 Å². The molecule has 0 aliphatic heterocycles. The van der Waals surface area contributed by atoms with Crippen LogP contribution in [-0.4, -0.2) is 0 Å². The predicted octanol–water partition coefficient (Wildman–Crippen LogP) is 5.40. The minimum Gasteiger partial charge on any atom is -0.204 e. The first-order valence-electron chi connectivity index (χ1n) is 6.65. The quantitative estimate of drug-likeness (QED) is 0.640. The number of allylic oxidation sites excluding steroid dienone is 4. The summed E-state index contributed by atoms with van der Waals surface area (Å²) in [5, 5.41) is 0. The summed E-state index contributed by atoms with van der Waals surface area (Å²) in [6.07, 6.45) is 8.96. The van der Waals surface area contributed by atoms with Gasteiger partial charge in [0.05, 0.1) is 0 Å². The summed E-state index contributed by atoms with van der Waals surface area (Å²) in [6, 6.07) is 2.13. The minimum atomic E-state index is -1.40. The Morgan fingerprint density at radius 2 is 1.68 bits per heavy atom. The molecular formula is C16H17F3. The second-order valence-electron chi connectivity index (χ2n) is 4.87. The first kappa shape index (κ1) is 13.9. The molecule has 3 heteroatoms. The van der Waals surface area contributed by atoms with Crippen molar-refractivity contribution < 1.29 is 13.2 Å². The highest BCUT2D eigenvalue weighted by molar-refractivity contribution is 5.68. The van der Waals surface area contributed by atoms with Crippen LogP contribution in [0.25, 0.3) is 5.57 Å². The molecule has 19 heavy (non-hydrogen) atoms. The fourth-order valence-corrected chi connectivity index (χ4v) is 2.27. The average molecular weight is 266 g/mol. The van der Waals surface area contributed by atoms with E-state index in [1.807, 2.05) is 12.2 Å². The molecule has 0 unspecified atom stereocenters. The van der Waals surface area contributed by atoms with E-state index in [0.717, 1.165) is 49.8 Å². The maximum absolute atomic E-state index is 13.2. The summed E-state index contributed by atoms with van der Waals surface area (Å²) in [4.78, 5) is 0. The summed E-state index contributed by atoms with van der Waals surface area (Å²) < 4.78 is 39.3. The van der Waals surface area contributed by atoms with E-state index in [4.69, 9.17) is 0 Å². The molecule has 0 fully saturated rings. The highest BCUT2D eigenvalue weighted by Gasteiger charge is 2.14. The Morgan fingerprint density at radius 1 is 1.00 bits per heavy atom. The van der Waals surface area contributed by atoms with Gasteiger partial charge in [-0.2, -0.15) is 0 Å². The highest BCUT2D eigenvalue weighted by atomic mass is 19.2. The zero-order valence-corrected chi connectivity index (χ0v) is 11.0. The molecule has 1 aromatic rings. The van der Waals surface area contributed by atoms with Gasteiger partial charge in [0.15, 0.2) is 17.5 Å². The van der Waals surface area contributed by atoms with Crippen LogP contribution in [0.1, 0.15) is 44.6 Å². The van der Waals surface area contributed by atoms with Crippen LogP contribution in [0.2, 0.25) is 0 Å². The summed E-state index contributed by atoms with van der Waals surface area (Å²) in [5.41, 5.74) is 2.66. The van der Waals surface area contributed by atoms with Crippen molar-refractivity contribution >= 4 is 5.57 Å². The van der Waals surface area contributed by atoms with Crippen molar-refractivity contribution in [2.75, 3.05) is 0 Å². The molecule has 0 spiro atoms. The molecule has 0 atom stereocenters. The Bertz CT molecular complexity index is 504. The van der Waals surface area contributed by atoms with Crippen LogP contribution in [0, 0.1) is 17.5 Å². The van der Waals surface area contributed by atoms with Gasteiger partial charge < -0.3 is 0 Å². The first-order chi connectivity index (χ1) is 9.11. The molecule has 0 aromatic heterocycles. The van der Waals surface area contributed by atoms with Gasteiger partial charge in [-0.1, -0.05) is 31.1 Å². The third-order valence-corrected chi connectivity index (χ3v) is 3.44. The first-order valence-corrected chi connectivity index (χ1v) is 6.65. The molecule has 0 radical (unpaired) electrons. The third-order valence-electron chi connectivity index (χ3n) is 3.44. The molecule has 0 bridgehead atoms. The Morgan fingerprint density at radius 3 is 2.21 bits per heavy atom. The van der Waals surface area contributed by atoms with Gasteiger partial charge in [-0.15, -0.1) is 0 Å². The molecule has 0 nitrogen and oxygen atoms in total. The predicted molar refractivity (Wildman–Crippen MR) is 71.1 cm³/mol. The molecule has 0 N–H and O–H groups in total. The zero-order chi connectivity index (χ0) is 13.8. The third kappa shape index (κ3) is 3.28. The molecular weight excluding hydrogens is 249 g/mol. The maximum atomic E-state index is 13.2. The Balaban J connectivity index is 2.20. The van der Waals surface area contributed by atoms with Crippen LogP contribution < -0.4 is 0 Å². The van der Waals surface area contributed by atoms with Crippen LogP contribution in [0.15, 0.2) is 29.9 Å². The lowest BCUT2D eigenvalue weighted by Gasteiger charge is -2.15. The van der Waals surface area contributed by atoms with E-state index in [1.54, 1.807) is 0 Å². The van der Waals surface area contributed by atoms with Crippen LogP contribution in [0.3, 0.4) is 0 Å². The number of halogens is 3. The topological polar surface area (TPSA) is 0 Å². The van der Waals surface area contributed by atoms with Crippen molar-refractivity contribution in [3.63, 3.8) is 0 Å². The number of hydrogen-bond acceptors (Lipinski definition) is 0. The van der Waals surface area contributed by atoms with Crippen LogP contribution in [0.5, 0.6) is 0 Å². The molecule has 0 heterocycles. The van der Waals surface area contributed by atoms with Gasteiger partial charge in [0.25, 0.3) is 0 Å². The smallest absolute Gasteiger partial charge is 0.194 e. The molecule has 2 rings (SSSR count). The minimum absolute atomic E-state index is 0.433. The van der Waals surface area contributed by atoms with Crippen LogP contribution in [0.4, 0.5) is 13.2 Å². The molecule has 1 aromatic carbocycles. The van der Waals surface area contributed by atoms with E-state index in [9.17, 15) is 13.2 Å². The van der Waals surface area contributed by atoms with Crippen molar-refractivity contribution in [1.29, 1.82) is 0 Å². The van der Waals surface area contributed by atoms with E-state index in [2.05, 4.69) is 6.92 Å². The maximum Gasteiger partial charge on any atom is 0.194 e. The van der Waals surface area contributed by atoms with Crippen molar-refractivity contribution in [3.8, 4) is 0 Å². The summed E-state index contributed by atoms with van der Waals surface area (Å²) in [5.74, 6) is -3.66. The van der Waals surface area contributed by atoms with E-state index >= 15 is 0 Å². The van der Waals surface area contributed by atoms with E-state index < -0.39 is 17.5 Å². The fourth-order valence-electron chi connectivity index (χ4n) is 2.27. The summed E-state index contributed by atoms with van der Waals surface area (Å²) in [7, 11) is 0. The van der Waals surface area contributed by atoms with Crippen molar-refractivity contribution in [1.82, 2.24) is 0 Å². The van der Waals surface area contributed by atoms with Gasteiger partial charge in [-0.3, -0.25) is 0 Å². The van der Waals surface area contributed by atoms with Crippen molar-refractivity contribution in [2.45, 2.75) is 39.0 Å². The van der Waals surface area contributed by atoms with Crippen LogP contribution in [-0.2, 0) is 0 Å². The molecule has 0 saturated carbocycles. The number of rotatable bonds is 4. The van der Waals surface area contributed by atoms with E-state index in [-0.39, 0.29) is 0 Å². The van der Waals surface area contributed by atoms with Crippen molar-refractivity contribution in [2.24, 2.45) is 0 Å². The fraction of sp³-hybridized carbons (Fsp3) is 0.375. The lowest BCUT2D eigenvalue weighted by molar-refractivity contribution is 0.446. The normalized spacial score (nSPS) is 15.2. The molecule has 0 amide bonds. The highest BCUT2D eigenvalue weighted by Crippen LogP contribution is 2.30. The SMILES string of the molecule is CCCCC1=CC=C(c2cc(F)c(F)c(F)c2)CC1. The van der Waals surface area contributed by atoms with Gasteiger partial charge in [-0.05, 0) is 49.0 Å². The average Bonchev–Trinajstić information content (AvgIpc) is 2.42. The lowest BCUT2D eigenvalue weighted by atomic mass is 9.91. The Kier molecular flexibility index (Phi) is 4.46. The van der Waals surface area contributed by atoms with Crippen LogP contribution >= 0.6 is 0 Å². The van der Waals surface area contributed by atoms with Crippen molar-refractivity contribution in [3.05, 3.63) is 52.9 Å². The zero-order valence-electron chi connectivity index (χ0n) is 11.0. The lowest BCUT2D eigenvalue weighted by Crippen LogP contribution is -1.98. The molecule has 1 aliphatic carbocycles. The standard InChI is InChI=1S/C16H17F3/c1-2-3-4-11-5-7-12(8-6-11)13-9-14(17)16(19)15(18)10-13/h5,7,9-10H,2-4,6,8H2,1H3. The monoisotopic (exact) mass is 266 g/mol. The summed E-state index contributed by atoms with van der Waals surface area (Å²) >= 11 is 0. The van der Waals surface area contributed by atoms with Gasteiger partial charge in [0.2, 0.25) is 0 Å². The van der Waals surface area contributed by atoms with E-state index in [0.29, 0.717) is 5.56 Å². The van der Waals surface area contributed by atoms with Gasteiger partial charge >= 0.3 is 0 Å². The molecule has 0 saturated heterocycles. The largest absolute Gasteiger partial charge is 0.204 e.